The third-order valence-electron chi connectivity index (χ3n) is 15.7. The number of hydrogen-bond acceptors (Lipinski definition) is 6. The molecule has 6 heteroatoms. The lowest BCUT2D eigenvalue weighted by atomic mass is 9.85. The summed E-state index contributed by atoms with van der Waals surface area (Å²) in [5.74, 6) is 1.60. The Hall–Kier alpha value is -10.8. The topological polar surface area (TPSA) is 31.4 Å². The van der Waals surface area contributed by atoms with Crippen molar-refractivity contribution in [3.05, 3.63) is 314 Å². The van der Waals surface area contributed by atoms with Gasteiger partial charge < -0.3 is 29.1 Å². The second-order valence-electron chi connectivity index (χ2n) is 21.1. The molecule has 13 rings (SSSR count). The highest BCUT2D eigenvalue weighted by molar-refractivity contribution is 6.23. The van der Waals surface area contributed by atoms with Crippen LogP contribution in [0.5, 0.6) is 11.5 Å². The van der Waals surface area contributed by atoms with Crippen molar-refractivity contribution in [2.24, 2.45) is 0 Å². The first-order chi connectivity index (χ1) is 41.4. The Kier molecular flexibility index (Phi) is 14.6. The smallest absolute Gasteiger partial charge is 0.119 e. The zero-order valence-electron chi connectivity index (χ0n) is 47.5. The van der Waals surface area contributed by atoms with Gasteiger partial charge in [-0.05, 0) is 228 Å². The average molecular weight is 1090 g/mol. The molecule has 0 unspecified atom stereocenters. The van der Waals surface area contributed by atoms with E-state index in [1.165, 1.54) is 11.1 Å². The molecule has 13 aromatic carbocycles. The van der Waals surface area contributed by atoms with E-state index in [2.05, 4.69) is 312 Å². The largest absolute Gasteiger partial charge is 0.497 e. The molecule has 0 aliphatic carbocycles. The Bertz CT molecular complexity index is 3990. The minimum Gasteiger partial charge on any atom is -0.497 e. The van der Waals surface area contributed by atoms with Crippen LogP contribution in [0, 0.1) is 13.8 Å². The Morgan fingerprint density at radius 2 is 0.440 bits per heavy atom. The Labute approximate surface area is 492 Å². The number of rotatable bonds is 16. The van der Waals surface area contributed by atoms with Crippen molar-refractivity contribution in [3.8, 4) is 33.8 Å². The highest BCUT2D eigenvalue weighted by atomic mass is 16.5. The van der Waals surface area contributed by atoms with Gasteiger partial charge in [-0.15, -0.1) is 0 Å². The zero-order chi connectivity index (χ0) is 56.9. The Morgan fingerprint density at radius 1 is 0.214 bits per heavy atom. The zero-order valence-corrected chi connectivity index (χ0v) is 47.5. The first-order valence-corrected chi connectivity index (χ1v) is 28.5. The van der Waals surface area contributed by atoms with Gasteiger partial charge in [0.1, 0.15) is 11.5 Å². The van der Waals surface area contributed by atoms with Crippen LogP contribution in [-0.2, 0) is 0 Å². The number of aryl methyl sites for hydroxylation is 2. The van der Waals surface area contributed by atoms with Gasteiger partial charge in [-0.2, -0.15) is 0 Å². The second-order valence-corrected chi connectivity index (χ2v) is 21.1. The number of nitrogens with zero attached hydrogens (tertiary/aromatic N) is 4. The SMILES string of the molecule is COc1ccc(N(c2ccc(C)cc2)c2ccc3c(-c4ccc(N(c5ccccc5)c5ccccc5)cc4)c4cc(N(c5ccc(C)cc5)c5ccc(OC)cc5)ccc4c(-c4ccc(N(c5ccccc5)c5ccccc5)cc4)c3c2)cc1. The van der Waals surface area contributed by atoms with Crippen molar-refractivity contribution >= 4 is 89.8 Å². The van der Waals surface area contributed by atoms with E-state index in [0.717, 1.165) is 124 Å². The molecule has 0 atom stereocenters. The maximum atomic E-state index is 5.69. The van der Waals surface area contributed by atoms with Gasteiger partial charge in [0.15, 0.2) is 0 Å². The summed E-state index contributed by atoms with van der Waals surface area (Å²) < 4.78 is 11.4. The number of benzene rings is 13. The van der Waals surface area contributed by atoms with Crippen LogP contribution in [0.3, 0.4) is 0 Å². The average Bonchev–Trinajstić information content (AvgIpc) is 1.94. The second kappa shape index (κ2) is 23.3. The summed E-state index contributed by atoms with van der Waals surface area (Å²) in [6.07, 6.45) is 0. The maximum absolute atomic E-state index is 5.69. The number of anilines is 12. The number of fused-ring (bicyclic) bond motifs is 2. The molecule has 0 spiro atoms. The summed E-state index contributed by atoms with van der Waals surface area (Å²) >= 11 is 0. The summed E-state index contributed by atoms with van der Waals surface area (Å²) in [5.41, 5.74) is 19.5. The van der Waals surface area contributed by atoms with Gasteiger partial charge in [-0.1, -0.05) is 145 Å². The lowest BCUT2D eigenvalue weighted by molar-refractivity contribution is 0.414. The van der Waals surface area contributed by atoms with Crippen LogP contribution in [-0.4, -0.2) is 14.2 Å². The molecule has 13 aromatic rings. The summed E-state index contributed by atoms with van der Waals surface area (Å²) in [6.45, 7) is 4.27. The first kappa shape index (κ1) is 52.5. The van der Waals surface area contributed by atoms with E-state index in [9.17, 15) is 0 Å². The third-order valence-corrected chi connectivity index (χ3v) is 15.7. The van der Waals surface area contributed by atoms with Gasteiger partial charge in [0.05, 0.1) is 14.2 Å². The molecule has 0 saturated carbocycles. The lowest BCUT2D eigenvalue weighted by Gasteiger charge is -2.29. The molecule has 0 aliphatic heterocycles. The molecule has 0 heterocycles. The van der Waals surface area contributed by atoms with Crippen molar-refractivity contribution in [1.82, 2.24) is 0 Å². The Balaban J connectivity index is 1.09. The van der Waals surface area contributed by atoms with Crippen molar-refractivity contribution in [3.63, 3.8) is 0 Å². The molecule has 0 bridgehead atoms. The summed E-state index contributed by atoms with van der Waals surface area (Å²) in [7, 11) is 3.43. The van der Waals surface area contributed by atoms with Crippen LogP contribution in [0.1, 0.15) is 11.1 Å². The van der Waals surface area contributed by atoms with Crippen LogP contribution in [0.2, 0.25) is 0 Å². The number of hydrogen-bond donors (Lipinski definition) is 0. The minimum atomic E-state index is 0.801. The molecule has 0 N–H and O–H groups in total. The van der Waals surface area contributed by atoms with Crippen LogP contribution in [0.25, 0.3) is 43.8 Å². The van der Waals surface area contributed by atoms with Gasteiger partial charge in [-0.3, -0.25) is 0 Å². The normalized spacial score (nSPS) is 11.1. The third kappa shape index (κ3) is 10.4. The van der Waals surface area contributed by atoms with Gasteiger partial charge in [0.2, 0.25) is 0 Å². The van der Waals surface area contributed by atoms with E-state index in [4.69, 9.17) is 9.47 Å². The number of methoxy groups -OCH3 is 2. The van der Waals surface area contributed by atoms with Crippen molar-refractivity contribution in [1.29, 1.82) is 0 Å². The maximum Gasteiger partial charge on any atom is 0.119 e. The lowest BCUT2D eigenvalue weighted by Crippen LogP contribution is -2.11. The van der Waals surface area contributed by atoms with Crippen molar-refractivity contribution in [2.75, 3.05) is 33.8 Å². The van der Waals surface area contributed by atoms with E-state index in [-0.39, 0.29) is 0 Å². The fourth-order valence-electron chi connectivity index (χ4n) is 11.6. The summed E-state index contributed by atoms with van der Waals surface area (Å²) in [4.78, 5) is 9.34. The molecule has 0 aromatic heterocycles. The summed E-state index contributed by atoms with van der Waals surface area (Å²) in [6, 6.07) is 109. The number of ether oxygens (including phenoxy) is 2. The van der Waals surface area contributed by atoms with Crippen LogP contribution in [0.4, 0.5) is 68.2 Å². The predicted molar refractivity (Wildman–Crippen MR) is 354 cm³/mol. The molecule has 84 heavy (non-hydrogen) atoms. The first-order valence-electron chi connectivity index (χ1n) is 28.5. The predicted octanol–water partition coefficient (Wildman–Crippen LogP) is 21.8. The van der Waals surface area contributed by atoms with E-state index in [1.54, 1.807) is 14.2 Å². The standard InChI is InChI=1S/C78H62N4O2/c1-55-25-33-63(34-26-55)81(67-41-47-71(83-3)48-42-67)69-45-51-73-75(53-69)77(57-29-37-65(38-30-57)79(59-17-9-5-10-18-59)60-19-11-6-12-20-60)74-52-46-70(82(64-35-27-56(2)28-36-64)68-43-49-72(84-4)50-44-68)54-76(74)78(73)58-31-39-66(40-32-58)80(61-21-13-7-14-22-61)62-23-15-8-16-24-62/h5-54H,1-4H3. The van der Waals surface area contributed by atoms with E-state index in [0.29, 0.717) is 0 Å². The molecule has 0 radical (unpaired) electrons. The molecule has 6 nitrogen and oxygen atoms in total. The summed E-state index contributed by atoms with van der Waals surface area (Å²) in [5, 5.41) is 4.49. The molecule has 406 valence electrons. The van der Waals surface area contributed by atoms with Crippen molar-refractivity contribution in [2.45, 2.75) is 13.8 Å². The van der Waals surface area contributed by atoms with E-state index >= 15 is 0 Å². The minimum absolute atomic E-state index is 0.801. The number of para-hydroxylation sites is 4. The fourth-order valence-corrected chi connectivity index (χ4v) is 11.6. The molecule has 0 saturated heterocycles. The monoisotopic (exact) mass is 1090 g/mol. The van der Waals surface area contributed by atoms with Crippen LogP contribution >= 0.6 is 0 Å². The highest BCUT2D eigenvalue weighted by Crippen LogP contribution is 2.50. The van der Waals surface area contributed by atoms with E-state index in [1.807, 2.05) is 24.3 Å². The molecule has 0 fully saturated rings. The molecule has 0 amide bonds. The van der Waals surface area contributed by atoms with Gasteiger partial charge in [0.25, 0.3) is 0 Å². The van der Waals surface area contributed by atoms with Crippen LogP contribution in [0.15, 0.2) is 303 Å². The molecular weight excluding hydrogens is 1020 g/mol. The quantitative estimate of drug-likeness (QED) is 0.0897. The fraction of sp³-hybridized carbons (Fsp3) is 0.0513. The van der Waals surface area contributed by atoms with Gasteiger partial charge in [-0.25, -0.2) is 0 Å². The molecular formula is C78H62N4O2. The van der Waals surface area contributed by atoms with Gasteiger partial charge in [0, 0.05) is 68.2 Å². The highest BCUT2D eigenvalue weighted by Gasteiger charge is 2.24. The molecule has 0 aliphatic rings. The van der Waals surface area contributed by atoms with Crippen molar-refractivity contribution < 1.29 is 9.47 Å². The Morgan fingerprint density at radius 3 is 0.714 bits per heavy atom. The van der Waals surface area contributed by atoms with Gasteiger partial charge >= 0.3 is 0 Å². The van der Waals surface area contributed by atoms with Crippen LogP contribution < -0.4 is 29.1 Å². The van der Waals surface area contributed by atoms with E-state index < -0.39 is 0 Å².